The number of rotatable bonds is 6. The Kier molecular flexibility index (Phi) is 7.01. The summed E-state index contributed by atoms with van der Waals surface area (Å²) in [6.07, 6.45) is 5.96. The first kappa shape index (κ1) is 28.6. The van der Waals surface area contributed by atoms with Crippen LogP contribution in [0.3, 0.4) is 0 Å². The number of hydrogen-bond acceptors (Lipinski definition) is 9. The second kappa shape index (κ2) is 10.1. The first-order valence-electron chi connectivity index (χ1n) is 14.6. The number of nitrogens with zero attached hydrogens (tertiary/aromatic N) is 6. The molecule has 2 aromatic rings. The molecule has 1 atom stereocenters. The van der Waals surface area contributed by atoms with Crippen molar-refractivity contribution in [3.63, 3.8) is 0 Å². The van der Waals surface area contributed by atoms with E-state index in [0.29, 0.717) is 55.8 Å². The van der Waals surface area contributed by atoms with Crippen LogP contribution in [-0.2, 0) is 4.74 Å². The fourth-order valence-electron chi connectivity index (χ4n) is 7.36. The van der Waals surface area contributed by atoms with E-state index in [4.69, 9.17) is 21.1 Å². The lowest BCUT2D eigenvalue weighted by Gasteiger charge is -2.71. The number of amides is 1. The van der Waals surface area contributed by atoms with Crippen molar-refractivity contribution in [2.75, 3.05) is 57.3 Å². The van der Waals surface area contributed by atoms with Gasteiger partial charge in [-0.3, -0.25) is 4.90 Å². The molecule has 5 aliphatic rings. The smallest absolute Gasteiger partial charge is 0.410 e. The molecular weight excluding hydrogens is 551 g/mol. The number of aromatic nitrogens is 3. The van der Waals surface area contributed by atoms with Gasteiger partial charge in [-0.15, -0.1) is 0 Å². The lowest BCUT2D eigenvalue weighted by Crippen LogP contribution is -2.68. The Morgan fingerprint density at radius 1 is 1.12 bits per heavy atom. The zero-order chi connectivity index (χ0) is 29.2. The van der Waals surface area contributed by atoms with Crippen LogP contribution in [0.5, 0.6) is 6.01 Å². The van der Waals surface area contributed by atoms with E-state index in [1.54, 1.807) is 11.8 Å². The summed E-state index contributed by atoms with van der Waals surface area (Å²) >= 11 is 5.98. The van der Waals surface area contributed by atoms with Crippen LogP contribution in [0.4, 0.5) is 15.0 Å². The molecule has 12 heteroatoms. The average molecular weight is 591 g/mol. The van der Waals surface area contributed by atoms with E-state index in [1.165, 1.54) is 6.20 Å². The molecule has 0 aromatic carbocycles. The second-order valence-corrected chi connectivity index (χ2v) is 14.4. The van der Waals surface area contributed by atoms with Crippen molar-refractivity contribution in [1.82, 2.24) is 24.8 Å². The summed E-state index contributed by atoms with van der Waals surface area (Å²) in [5.41, 5.74) is -0.868. The van der Waals surface area contributed by atoms with Gasteiger partial charge in [0.1, 0.15) is 16.9 Å². The van der Waals surface area contributed by atoms with Gasteiger partial charge in [0.15, 0.2) is 11.0 Å². The molecule has 0 spiro atoms. The Morgan fingerprint density at radius 3 is 2.49 bits per heavy atom. The van der Waals surface area contributed by atoms with Gasteiger partial charge >= 0.3 is 12.1 Å². The summed E-state index contributed by atoms with van der Waals surface area (Å²) in [6, 6.07) is 0.121. The molecule has 224 valence electrons. The fraction of sp³-hybridized carbons (Fsp3) is 0.724. The first-order chi connectivity index (χ1) is 19.2. The number of β-amino-alcohol motifs (C(OH)–C–C–N with tert-alkyl or cyclic N) is 1. The van der Waals surface area contributed by atoms with Crippen LogP contribution in [-0.4, -0.2) is 99.6 Å². The minimum atomic E-state index is -0.864. The van der Waals surface area contributed by atoms with Crippen molar-refractivity contribution >= 4 is 34.4 Å². The van der Waals surface area contributed by atoms with Gasteiger partial charge in [0.05, 0.1) is 17.6 Å². The van der Waals surface area contributed by atoms with Gasteiger partial charge in [-0.05, 0) is 65.2 Å². The SMILES string of the molecule is CC(C)(C)OC(=O)N1CCN(CC23CC(COc4nc(N5CCC[C@@](C)(O)C5)c5cnc(Cl)c(F)c5n4)(C2)C3)CC1. The second-order valence-electron chi connectivity index (χ2n) is 14.0. The van der Waals surface area contributed by atoms with E-state index in [2.05, 4.69) is 19.9 Å². The monoisotopic (exact) mass is 590 g/mol. The first-order valence-corrected chi connectivity index (χ1v) is 14.9. The summed E-state index contributed by atoms with van der Waals surface area (Å²) in [5.74, 6) is -0.190. The van der Waals surface area contributed by atoms with Gasteiger partial charge in [0.25, 0.3) is 0 Å². The molecule has 2 bridgehead atoms. The molecule has 7 rings (SSSR count). The van der Waals surface area contributed by atoms with Crippen molar-refractivity contribution < 1.29 is 23.8 Å². The highest BCUT2D eigenvalue weighted by molar-refractivity contribution is 6.30. The number of fused-ring (bicyclic) bond motifs is 1. The zero-order valence-corrected chi connectivity index (χ0v) is 25.1. The van der Waals surface area contributed by atoms with Crippen molar-refractivity contribution in [3.8, 4) is 6.01 Å². The highest BCUT2D eigenvalue weighted by atomic mass is 35.5. The molecule has 4 heterocycles. The number of pyridine rings is 1. The van der Waals surface area contributed by atoms with Crippen molar-refractivity contribution in [1.29, 1.82) is 0 Å². The molecule has 2 aromatic heterocycles. The Balaban J connectivity index is 1.06. The summed E-state index contributed by atoms with van der Waals surface area (Å²) in [4.78, 5) is 31.6. The number of hydrogen-bond donors (Lipinski definition) is 1. The molecule has 2 saturated heterocycles. The minimum absolute atomic E-state index is 0.0785. The van der Waals surface area contributed by atoms with Gasteiger partial charge in [-0.25, -0.2) is 14.2 Å². The molecule has 10 nitrogen and oxygen atoms in total. The van der Waals surface area contributed by atoms with E-state index in [0.717, 1.165) is 45.3 Å². The molecule has 0 radical (unpaired) electrons. The van der Waals surface area contributed by atoms with Crippen LogP contribution in [0.1, 0.15) is 59.8 Å². The standard InChI is InChI=1S/C29H40ClFN6O4/c1-26(2,3)41-25(38)36-10-8-35(9-11-36)17-28-13-29(14-28,15-28)18-40-24-33-21-19(12-32-22(30)20(21)31)23(34-24)37-7-5-6-27(4,39)16-37/h12,39H,5-11,13-18H2,1-4H3/t27-,28?,29?/m1/s1. The maximum atomic E-state index is 15.0. The topological polar surface area (TPSA) is 104 Å². The molecular formula is C29H40ClFN6O4. The summed E-state index contributed by atoms with van der Waals surface area (Å²) in [5, 5.41) is 10.9. The van der Waals surface area contributed by atoms with Gasteiger partial charge in [-0.1, -0.05) is 11.6 Å². The predicted octanol–water partition coefficient (Wildman–Crippen LogP) is 4.27. The Labute approximate surface area is 245 Å². The predicted molar refractivity (Wildman–Crippen MR) is 153 cm³/mol. The summed E-state index contributed by atoms with van der Waals surface area (Å²) < 4.78 is 26.7. The van der Waals surface area contributed by atoms with Crippen molar-refractivity contribution in [2.24, 2.45) is 10.8 Å². The highest BCUT2D eigenvalue weighted by Crippen LogP contribution is 2.73. The van der Waals surface area contributed by atoms with Gasteiger partial charge in [0, 0.05) is 57.4 Å². The normalized spacial score (nSPS) is 30.1. The van der Waals surface area contributed by atoms with Crippen molar-refractivity contribution in [3.05, 3.63) is 17.2 Å². The maximum absolute atomic E-state index is 15.0. The van der Waals surface area contributed by atoms with Crippen LogP contribution >= 0.6 is 11.6 Å². The van der Waals surface area contributed by atoms with E-state index in [1.807, 2.05) is 25.7 Å². The molecule has 3 saturated carbocycles. The van der Waals surface area contributed by atoms with Gasteiger partial charge in [0.2, 0.25) is 0 Å². The zero-order valence-electron chi connectivity index (χ0n) is 24.4. The minimum Gasteiger partial charge on any atom is -0.463 e. The summed E-state index contributed by atoms with van der Waals surface area (Å²) in [6.45, 7) is 13.1. The fourth-order valence-corrected chi connectivity index (χ4v) is 7.50. The molecule has 1 N–H and O–H groups in total. The van der Waals surface area contributed by atoms with Crippen LogP contribution in [0.25, 0.3) is 10.9 Å². The number of piperidine rings is 1. The van der Waals surface area contributed by atoms with E-state index in [-0.39, 0.29) is 28.2 Å². The molecule has 5 fully saturated rings. The molecule has 0 unspecified atom stereocenters. The van der Waals surface area contributed by atoms with Crippen LogP contribution in [0.2, 0.25) is 5.15 Å². The van der Waals surface area contributed by atoms with Crippen LogP contribution < -0.4 is 9.64 Å². The van der Waals surface area contributed by atoms with Crippen LogP contribution in [0.15, 0.2) is 6.20 Å². The molecule has 1 amide bonds. The van der Waals surface area contributed by atoms with E-state index in [9.17, 15) is 9.90 Å². The number of aliphatic hydroxyl groups is 1. The number of piperazine rings is 1. The summed E-state index contributed by atoms with van der Waals surface area (Å²) in [7, 11) is 0. The number of halogens is 2. The molecule has 41 heavy (non-hydrogen) atoms. The van der Waals surface area contributed by atoms with E-state index < -0.39 is 17.0 Å². The average Bonchev–Trinajstić information content (AvgIpc) is 2.85. The quantitative estimate of drug-likeness (QED) is 0.494. The Morgan fingerprint density at radius 2 is 1.83 bits per heavy atom. The van der Waals surface area contributed by atoms with Crippen LogP contribution in [0, 0.1) is 16.6 Å². The molecule has 2 aliphatic heterocycles. The number of carbonyl (C=O) groups is 1. The number of ether oxygens (including phenoxy) is 2. The lowest BCUT2D eigenvalue weighted by molar-refractivity contribution is -0.228. The third-order valence-electron chi connectivity index (χ3n) is 8.92. The maximum Gasteiger partial charge on any atom is 0.410 e. The number of anilines is 1. The third-order valence-corrected chi connectivity index (χ3v) is 9.18. The third kappa shape index (κ3) is 5.77. The van der Waals surface area contributed by atoms with Gasteiger partial charge in [-0.2, -0.15) is 9.97 Å². The number of carbonyl (C=O) groups excluding carboxylic acids is 1. The highest BCUT2D eigenvalue weighted by Gasteiger charge is 2.68. The molecule has 3 aliphatic carbocycles. The Hall–Kier alpha value is -2.50. The lowest BCUT2D eigenvalue weighted by atomic mass is 9.35. The van der Waals surface area contributed by atoms with E-state index >= 15 is 4.39 Å². The largest absolute Gasteiger partial charge is 0.463 e. The Bertz CT molecular complexity index is 1320. The van der Waals surface area contributed by atoms with Gasteiger partial charge < -0.3 is 24.4 Å². The van der Waals surface area contributed by atoms with Crippen molar-refractivity contribution in [2.45, 2.75) is 71.0 Å².